The lowest BCUT2D eigenvalue weighted by Crippen LogP contribution is -2.27. The average molecular weight is 461 g/mol. The number of nitrogens with one attached hydrogen (secondary N) is 1. The summed E-state index contributed by atoms with van der Waals surface area (Å²) in [5, 5.41) is 5.14. The fourth-order valence-electron chi connectivity index (χ4n) is 2.90. The minimum Gasteiger partial charge on any atom is -0.346 e. The standard InChI is InChI=1S/C20H17ClN4O3S2/c1-24(17-6-3-5-15(21)11-17)30(27,28)18-7-2-4-14(10-18)19(26)22-12-16-13-25-8-9-29-20(25)23-16/h2-11,13H,12H2,1H3,(H,22,26). The maximum Gasteiger partial charge on any atom is 0.264 e. The Morgan fingerprint density at radius 3 is 2.80 bits per heavy atom. The van der Waals surface area contributed by atoms with Crippen molar-refractivity contribution >= 4 is 49.5 Å². The first-order valence-electron chi connectivity index (χ1n) is 8.88. The van der Waals surface area contributed by atoms with Crippen molar-refractivity contribution in [1.29, 1.82) is 0 Å². The lowest BCUT2D eigenvalue weighted by Gasteiger charge is -2.20. The molecule has 0 fully saturated rings. The Morgan fingerprint density at radius 2 is 2.03 bits per heavy atom. The van der Waals surface area contributed by atoms with E-state index in [1.54, 1.807) is 36.4 Å². The van der Waals surface area contributed by atoms with E-state index in [1.807, 2.05) is 22.2 Å². The molecule has 2 heterocycles. The predicted molar refractivity (Wildman–Crippen MR) is 118 cm³/mol. The third kappa shape index (κ3) is 4.04. The van der Waals surface area contributed by atoms with Crippen LogP contribution >= 0.6 is 22.9 Å². The Balaban J connectivity index is 1.52. The number of carbonyl (C=O) groups is 1. The highest BCUT2D eigenvalue weighted by molar-refractivity contribution is 7.92. The van der Waals surface area contributed by atoms with Gasteiger partial charge in [-0.05, 0) is 36.4 Å². The fraction of sp³-hybridized carbons (Fsp3) is 0.100. The number of imidazole rings is 1. The van der Waals surface area contributed by atoms with E-state index in [0.29, 0.717) is 10.7 Å². The second-order valence-corrected chi connectivity index (χ2v) is 9.77. The maximum absolute atomic E-state index is 13.0. The number of thiazole rings is 1. The molecule has 0 radical (unpaired) electrons. The number of carbonyl (C=O) groups excluding carboxylic acids is 1. The second-order valence-electron chi connectivity index (χ2n) is 6.49. The first-order chi connectivity index (χ1) is 14.3. The Morgan fingerprint density at radius 1 is 1.23 bits per heavy atom. The Kier molecular flexibility index (Phi) is 5.50. The molecule has 154 valence electrons. The lowest BCUT2D eigenvalue weighted by atomic mass is 10.2. The van der Waals surface area contributed by atoms with Gasteiger partial charge >= 0.3 is 0 Å². The SMILES string of the molecule is CN(c1cccc(Cl)c1)S(=O)(=O)c1cccc(C(=O)NCc2cn3ccsc3n2)c1. The van der Waals surface area contributed by atoms with Gasteiger partial charge < -0.3 is 5.32 Å². The van der Waals surface area contributed by atoms with Crippen molar-refractivity contribution in [3.63, 3.8) is 0 Å². The number of benzene rings is 2. The maximum atomic E-state index is 13.0. The van der Waals surface area contributed by atoms with Crippen molar-refractivity contribution in [1.82, 2.24) is 14.7 Å². The van der Waals surface area contributed by atoms with Crippen LogP contribution in [0.1, 0.15) is 16.1 Å². The van der Waals surface area contributed by atoms with Gasteiger partial charge in [-0.25, -0.2) is 13.4 Å². The second kappa shape index (κ2) is 8.10. The number of aromatic nitrogens is 2. The zero-order chi connectivity index (χ0) is 21.3. The highest BCUT2D eigenvalue weighted by Crippen LogP contribution is 2.25. The molecule has 0 aliphatic rings. The van der Waals surface area contributed by atoms with Crippen LogP contribution in [-0.4, -0.2) is 30.8 Å². The zero-order valence-corrected chi connectivity index (χ0v) is 18.2. The molecule has 1 amide bonds. The summed E-state index contributed by atoms with van der Waals surface area (Å²) in [5.74, 6) is -0.381. The van der Waals surface area contributed by atoms with Crippen LogP contribution in [0.2, 0.25) is 5.02 Å². The lowest BCUT2D eigenvalue weighted by molar-refractivity contribution is 0.0950. The molecule has 0 saturated heterocycles. The van der Waals surface area contributed by atoms with Gasteiger partial charge in [0, 0.05) is 35.4 Å². The highest BCUT2D eigenvalue weighted by atomic mass is 35.5. The molecule has 1 N–H and O–H groups in total. The van der Waals surface area contributed by atoms with Crippen molar-refractivity contribution < 1.29 is 13.2 Å². The molecule has 0 aliphatic heterocycles. The Hall–Kier alpha value is -2.88. The molecule has 0 bridgehead atoms. The van der Waals surface area contributed by atoms with Gasteiger partial charge in [0.15, 0.2) is 4.96 Å². The summed E-state index contributed by atoms with van der Waals surface area (Å²) in [6, 6.07) is 12.5. The Bertz CT molecular complexity index is 1300. The molecule has 30 heavy (non-hydrogen) atoms. The van der Waals surface area contributed by atoms with E-state index in [1.165, 1.54) is 30.5 Å². The summed E-state index contributed by atoms with van der Waals surface area (Å²) in [4.78, 5) is 17.8. The van der Waals surface area contributed by atoms with Crippen molar-refractivity contribution in [2.45, 2.75) is 11.4 Å². The molecule has 2 aromatic carbocycles. The summed E-state index contributed by atoms with van der Waals surface area (Å²) < 4.78 is 29.0. The molecule has 0 atom stereocenters. The van der Waals surface area contributed by atoms with Gasteiger partial charge in [-0.2, -0.15) is 0 Å². The molecule has 0 aliphatic carbocycles. The molecular weight excluding hydrogens is 444 g/mol. The summed E-state index contributed by atoms with van der Waals surface area (Å²) in [5.41, 5.74) is 1.40. The van der Waals surface area contributed by atoms with Gasteiger partial charge in [0.25, 0.3) is 15.9 Å². The number of rotatable bonds is 6. The number of fused-ring (bicyclic) bond motifs is 1. The number of amides is 1. The van der Waals surface area contributed by atoms with Crippen molar-refractivity contribution in [2.24, 2.45) is 0 Å². The van der Waals surface area contributed by atoms with Crippen LogP contribution in [0.4, 0.5) is 5.69 Å². The monoisotopic (exact) mass is 460 g/mol. The summed E-state index contributed by atoms with van der Waals surface area (Å²) in [7, 11) is -2.42. The van der Waals surface area contributed by atoms with Crippen LogP contribution in [0.5, 0.6) is 0 Å². The minimum absolute atomic E-state index is 0.0140. The molecule has 2 aromatic heterocycles. The molecule has 10 heteroatoms. The Labute approximate surface area is 182 Å². The molecule has 4 aromatic rings. The molecule has 0 saturated carbocycles. The van der Waals surface area contributed by atoms with E-state index >= 15 is 0 Å². The van der Waals surface area contributed by atoms with E-state index < -0.39 is 10.0 Å². The fourth-order valence-corrected chi connectivity index (χ4v) is 5.04. The number of hydrogen-bond acceptors (Lipinski definition) is 5. The van der Waals surface area contributed by atoms with Crippen molar-refractivity contribution in [2.75, 3.05) is 11.4 Å². The van der Waals surface area contributed by atoms with Gasteiger partial charge in [-0.15, -0.1) is 11.3 Å². The van der Waals surface area contributed by atoms with Crippen molar-refractivity contribution in [3.05, 3.63) is 82.6 Å². The van der Waals surface area contributed by atoms with Gasteiger partial charge in [0.05, 0.1) is 22.8 Å². The van der Waals surface area contributed by atoms with Crippen LogP contribution in [0.25, 0.3) is 4.96 Å². The quantitative estimate of drug-likeness (QED) is 0.474. The van der Waals surface area contributed by atoms with Crippen LogP contribution < -0.4 is 9.62 Å². The minimum atomic E-state index is -3.86. The largest absolute Gasteiger partial charge is 0.346 e. The smallest absolute Gasteiger partial charge is 0.264 e. The topological polar surface area (TPSA) is 83.8 Å². The van der Waals surface area contributed by atoms with Gasteiger partial charge in [0.1, 0.15) is 0 Å². The number of nitrogens with zero attached hydrogens (tertiary/aromatic N) is 3. The summed E-state index contributed by atoms with van der Waals surface area (Å²) >= 11 is 7.48. The van der Waals surface area contributed by atoms with Crippen LogP contribution in [0.15, 0.2) is 71.2 Å². The zero-order valence-electron chi connectivity index (χ0n) is 15.8. The number of halogens is 1. The van der Waals surface area contributed by atoms with E-state index in [0.717, 1.165) is 15.0 Å². The van der Waals surface area contributed by atoms with Crippen LogP contribution in [-0.2, 0) is 16.6 Å². The number of sulfonamides is 1. The highest BCUT2D eigenvalue weighted by Gasteiger charge is 2.22. The molecule has 4 rings (SSSR count). The van der Waals surface area contributed by atoms with Gasteiger partial charge in [-0.3, -0.25) is 13.5 Å². The van der Waals surface area contributed by atoms with Crippen LogP contribution in [0, 0.1) is 0 Å². The normalized spacial score (nSPS) is 11.5. The third-order valence-corrected chi connectivity index (χ3v) is 7.29. The van der Waals surface area contributed by atoms with E-state index in [2.05, 4.69) is 10.3 Å². The molecular formula is C20H17ClN4O3S2. The van der Waals surface area contributed by atoms with Crippen molar-refractivity contribution in [3.8, 4) is 0 Å². The van der Waals surface area contributed by atoms with E-state index in [9.17, 15) is 13.2 Å². The first kappa shape index (κ1) is 20.4. The summed E-state index contributed by atoms with van der Waals surface area (Å²) in [6.45, 7) is 0.243. The first-order valence-corrected chi connectivity index (χ1v) is 11.6. The van der Waals surface area contributed by atoms with Crippen LogP contribution in [0.3, 0.4) is 0 Å². The number of anilines is 1. The number of hydrogen-bond donors (Lipinski definition) is 1. The predicted octanol–water partition coefficient (Wildman–Crippen LogP) is 3.80. The van der Waals surface area contributed by atoms with Gasteiger partial charge in [-0.1, -0.05) is 23.7 Å². The van der Waals surface area contributed by atoms with E-state index in [-0.39, 0.29) is 22.9 Å². The van der Waals surface area contributed by atoms with Gasteiger partial charge in [0.2, 0.25) is 0 Å². The third-order valence-electron chi connectivity index (χ3n) is 4.50. The average Bonchev–Trinajstić information content (AvgIpc) is 3.33. The molecule has 0 unspecified atom stereocenters. The molecule has 0 spiro atoms. The van der Waals surface area contributed by atoms with E-state index in [4.69, 9.17) is 11.6 Å². The summed E-state index contributed by atoms with van der Waals surface area (Å²) in [6.07, 6.45) is 3.73. The molecule has 7 nitrogen and oxygen atoms in total.